The number of alkyl halides is 3. The molecular formula is C20H31F3IN3O4. The number of rotatable bonds is 10. The summed E-state index contributed by atoms with van der Waals surface area (Å²) in [6.45, 7) is 4.19. The Kier molecular flexibility index (Phi) is 11.9. The van der Waals surface area contributed by atoms with E-state index < -0.39 is 17.8 Å². The molecule has 0 aromatic heterocycles. The van der Waals surface area contributed by atoms with Gasteiger partial charge in [-0.15, -0.1) is 24.0 Å². The van der Waals surface area contributed by atoms with Crippen LogP contribution in [0.4, 0.5) is 13.2 Å². The van der Waals surface area contributed by atoms with Gasteiger partial charge in [-0.1, -0.05) is 6.07 Å². The molecule has 1 heterocycles. The van der Waals surface area contributed by atoms with Gasteiger partial charge in [-0.3, -0.25) is 4.99 Å². The van der Waals surface area contributed by atoms with E-state index in [0.717, 1.165) is 18.6 Å². The fourth-order valence-electron chi connectivity index (χ4n) is 3.10. The van der Waals surface area contributed by atoms with Crippen LogP contribution < -0.4 is 15.4 Å². The largest absolute Gasteiger partial charge is 0.491 e. The van der Waals surface area contributed by atoms with Gasteiger partial charge in [0.1, 0.15) is 18.5 Å². The van der Waals surface area contributed by atoms with Gasteiger partial charge < -0.3 is 30.3 Å². The molecular weight excluding hydrogens is 530 g/mol. The van der Waals surface area contributed by atoms with Crippen molar-refractivity contribution in [3.8, 4) is 5.75 Å². The number of hydrogen-bond donors (Lipinski definition) is 4. The molecule has 2 atom stereocenters. The van der Waals surface area contributed by atoms with Crippen molar-refractivity contribution >= 4 is 29.9 Å². The summed E-state index contributed by atoms with van der Waals surface area (Å²) in [5.41, 5.74) is -0.996. The smallest absolute Gasteiger partial charge is 0.416 e. The first-order chi connectivity index (χ1) is 14.3. The molecule has 1 aliphatic rings. The molecule has 1 fully saturated rings. The zero-order chi connectivity index (χ0) is 22.0. The summed E-state index contributed by atoms with van der Waals surface area (Å²) in [5.74, 6) is 0.538. The number of guanidine groups is 1. The molecule has 0 radical (unpaired) electrons. The number of aliphatic imine (C=N–C) groups is 1. The highest BCUT2D eigenvalue weighted by molar-refractivity contribution is 14.0. The van der Waals surface area contributed by atoms with E-state index in [9.17, 15) is 23.4 Å². The summed E-state index contributed by atoms with van der Waals surface area (Å²) in [6.07, 6.45) is -3.98. The average molecular weight is 561 g/mol. The normalized spacial score (nSPS) is 20.1. The van der Waals surface area contributed by atoms with Gasteiger partial charge >= 0.3 is 6.18 Å². The minimum atomic E-state index is -4.45. The van der Waals surface area contributed by atoms with Crippen molar-refractivity contribution in [1.29, 1.82) is 0 Å². The molecule has 178 valence electrons. The Labute approximate surface area is 197 Å². The zero-order valence-electron chi connectivity index (χ0n) is 17.5. The van der Waals surface area contributed by atoms with Gasteiger partial charge in [-0.2, -0.15) is 13.2 Å². The standard InChI is InChI=1S/C20H30F3N3O4.HI/c1-2-24-18(26-13-19(6-8-27)7-9-29-14-19)25-11-16(28)12-30-17-5-3-4-15(10-17)20(21,22)23;/h3-5,10,16,27-28H,2,6-9,11-14H2,1H3,(H2,24,25,26);1H. The summed E-state index contributed by atoms with van der Waals surface area (Å²) in [6, 6.07) is 4.53. The Morgan fingerprint density at radius 2 is 2.13 bits per heavy atom. The van der Waals surface area contributed by atoms with E-state index in [1.807, 2.05) is 6.92 Å². The molecule has 4 N–H and O–H groups in total. The Balaban J connectivity index is 0.00000480. The second-order valence-electron chi connectivity index (χ2n) is 7.34. The topological polar surface area (TPSA) is 95.3 Å². The lowest BCUT2D eigenvalue weighted by atomic mass is 9.84. The molecule has 0 aliphatic carbocycles. The van der Waals surface area contributed by atoms with Crippen LogP contribution in [-0.4, -0.2) is 68.3 Å². The number of hydrogen-bond acceptors (Lipinski definition) is 5. The third kappa shape index (κ3) is 9.38. The molecule has 11 heteroatoms. The van der Waals surface area contributed by atoms with E-state index in [4.69, 9.17) is 9.47 Å². The first-order valence-electron chi connectivity index (χ1n) is 9.97. The van der Waals surface area contributed by atoms with Gasteiger partial charge in [-0.05, 0) is 38.0 Å². The van der Waals surface area contributed by atoms with Gasteiger partial charge in [0.2, 0.25) is 0 Å². The summed E-state index contributed by atoms with van der Waals surface area (Å²) in [7, 11) is 0. The first kappa shape index (κ1) is 27.7. The number of ether oxygens (including phenoxy) is 2. The minimum absolute atomic E-state index is 0. The number of aliphatic hydroxyl groups excluding tert-OH is 2. The predicted molar refractivity (Wildman–Crippen MR) is 122 cm³/mol. The quantitative estimate of drug-likeness (QED) is 0.199. The molecule has 1 aromatic carbocycles. The van der Waals surface area contributed by atoms with Crippen LogP contribution in [0, 0.1) is 5.41 Å². The third-order valence-electron chi connectivity index (χ3n) is 4.85. The van der Waals surface area contributed by atoms with Gasteiger partial charge in [0, 0.05) is 31.7 Å². The Hall–Kier alpha value is -1.31. The average Bonchev–Trinajstić information content (AvgIpc) is 3.17. The highest BCUT2D eigenvalue weighted by atomic mass is 127. The molecule has 0 amide bonds. The maximum absolute atomic E-state index is 12.8. The molecule has 31 heavy (non-hydrogen) atoms. The molecule has 0 bridgehead atoms. The second kappa shape index (κ2) is 13.3. The van der Waals surface area contributed by atoms with Gasteiger partial charge in [0.15, 0.2) is 5.96 Å². The van der Waals surface area contributed by atoms with Crippen molar-refractivity contribution in [2.45, 2.75) is 32.0 Å². The van der Waals surface area contributed by atoms with Crippen LogP contribution in [-0.2, 0) is 10.9 Å². The van der Waals surface area contributed by atoms with Crippen LogP contribution in [0.3, 0.4) is 0 Å². The van der Waals surface area contributed by atoms with Crippen molar-refractivity contribution in [3.05, 3.63) is 29.8 Å². The van der Waals surface area contributed by atoms with E-state index in [0.29, 0.717) is 38.7 Å². The molecule has 0 saturated carbocycles. The van der Waals surface area contributed by atoms with E-state index in [1.54, 1.807) is 0 Å². The summed E-state index contributed by atoms with van der Waals surface area (Å²) >= 11 is 0. The zero-order valence-corrected chi connectivity index (χ0v) is 19.8. The highest BCUT2D eigenvalue weighted by Gasteiger charge is 2.34. The lowest BCUT2D eigenvalue weighted by molar-refractivity contribution is -0.137. The van der Waals surface area contributed by atoms with Crippen LogP contribution in [0.1, 0.15) is 25.3 Å². The SMILES string of the molecule is CCNC(=NCC1(CCO)CCOC1)NCC(O)COc1cccc(C(F)(F)F)c1.I. The van der Waals surface area contributed by atoms with E-state index >= 15 is 0 Å². The Morgan fingerprint density at radius 3 is 2.74 bits per heavy atom. The van der Waals surface area contributed by atoms with Crippen molar-refractivity contribution < 1.29 is 32.9 Å². The maximum atomic E-state index is 12.8. The van der Waals surface area contributed by atoms with Crippen LogP contribution in [0.5, 0.6) is 5.75 Å². The molecule has 0 spiro atoms. The second-order valence-corrected chi connectivity index (χ2v) is 7.34. The first-order valence-corrected chi connectivity index (χ1v) is 9.97. The molecule has 1 saturated heterocycles. The van der Waals surface area contributed by atoms with Crippen LogP contribution in [0.15, 0.2) is 29.3 Å². The fourth-order valence-corrected chi connectivity index (χ4v) is 3.10. The fraction of sp³-hybridized carbons (Fsp3) is 0.650. The molecule has 7 nitrogen and oxygen atoms in total. The number of aliphatic hydroxyl groups is 2. The molecule has 1 aromatic rings. The van der Waals surface area contributed by atoms with Crippen LogP contribution >= 0.6 is 24.0 Å². The molecule has 2 unspecified atom stereocenters. The van der Waals surface area contributed by atoms with Crippen molar-refractivity contribution in [3.63, 3.8) is 0 Å². The maximum Gasteiger partial charge on any atom is 0.416 e. The number of nitrogens with one attached hydrogen (secondary N) is 2. The lowest BCUT2D eigenvalue weighted by Crippen LogP contribution is -2.43. The van der Waals surface area contributed by atoms with Crippen molar-refractivity contribution in [2.24, 2.45) is 10.4 Å². The Morgan fingerprint density at radius 1 is 1.35 bits per heavy atom. The van der Waals surface area contributed by atoms with Gasteiger partial charge in [-0.25, -0.2) is 0 Å². The van der Waals surface area contributed by atoms with Crippen molar-refractivity contribution in [1.82, 2.24) is 10.6 Å². The monoisotopic (exact) mass is 561 g/mol. The summed E-state index contributed by atoms with van der Waals surface area (Å²) in [5, 5.41) is 25.5. The molecule has 1 aliphatic heterocycles. The summed E-state index contributed by atoms with van der Waals surface area (Å²) in [4.78, 5) is 4.54. The Bertz CT molecular complexity index is 686. The van der Waals surface area contributed by atoms with Gasteiger partial charge in [0.05, 0.1) is 18.7 Å². The van der Waals surface area contributed by atoms with Crippen molar-refractivity contribution in [2.75, 3.05) is 46.1 Å². The number of benzene rings is 1. The van der Waals surface area contributed by atoms with E-state index in [-0.39, 0.29) is 54.9 Å². The van der Waals surface area contributed by atoms with Crippen LogP contribution in [0.2, 0.25) is 0 Å². The minimum Gasteiger partial charge on any atom is -0.491 e. The van der Waals surface area contributed by atoms with E-state index in [2.05, 4.69) is 15.6 Å². The third-order valence-corrected chi connectivity index (χ3v) is 4.85. The molecule has 2 rings (SSSR count). The number of nitrogens with zero attached hydrogens (tertiary/aromatic N) is 1. The lowest BCUT2D eigenvalue weighted by Gasteiger charge is -2.25. The predicted octanol–water partition coefficient (Wildman–Crippen LogP) is 2.41. The van der Waals surface area contributed by atoms with Gasteiger partial charge in [0.25, 0.3) is 0 Å². The highest BCUT2D eigenvalue weighted by Crippen LogP contribution is 2.32. The summed E-state index contributed by atoms with van der Waals surface area (Å²) < 4.78 is 49.0. The van der Waals surface area contributed by atoms with E-state index in [1.165, 1.54) is 12.1 Å². The number of halogens is 4. The van der Waals surface area contributed by atoms with Crippen LogP contribution in [0.25, 0.3) is 0 Å².